The molecule has 3 heterocycles. The summed E-state index contributed by atoms with van der Waals surface area (Å²) in [5.41, 5.74) is 0. The first-order chi connectivity index (χ1) is 11.7. The summed E-state index contributed by atoms with van der Waals surface area (Å²) in [6, 6.07) is 0. The van der Waals surface area contributed by atoms with Gasteiger partial charge in [-0.1, -0.05) is 27.7 Å². The second kappa shape index (κ2) is 20.9. The molecule has 0 N–H and O–H groups in total. The monoisotopic (exact) mass is 348 g/mol. The van der Waals surface area contributed by atoms with Crippen LogP contribution in [0.4, 0.5) is 0 Å². The van der Waals surface area contributed by atoms with Gasteiger partial charge in [-0.3, -0.25) is 0 Å². The van der Waals surface area contributed by atoms with Gasteiger partial charge in [0.1, 0.15) is 0 Å². The van der Waals surface area contributed by atoms with Crippen LogP contribution in [0.25, 0.3) is 0 Å². The highest BCUT2D eigenvalue weighted by atomic mass is 16.6. The van der Waals surface area contributed by atoms with E-state index in [1.807, 2.05) is 34.6 Å². The van der Waals surface area contributed by atoms with E-state index in [1.54, 1.807) is 0 Å². The standard InChI is InChI=1S/C6H12O.C5H10O2.C5H10O.2C2H6/c1-6-4-2-3-5-7-6;1-5-4-6-2-3-7-5;1-5-3-2-4-6-5;2*1-2/h6H,2-5H2,1H3;5H,2-4H2,1H3;5H,2-4H2,1H3;2*1-2H3. The topological polar surface area (TPSA) is 36.9 Å². The Bertz CT molecular complexity index is 190. The zero-order valence-electron chi connectivity index (χ0n) is 17.4. The molecule has 0 aromatic carbocycles. The van der Waals surface area contributed by atoms with Crippen molar-refractivity contribution in [3.05, 3.63) is 0 Å². The molecule has 4 heteroatoms. The Morgan fingerprint density at radius 1 is 0.542 bits per heavy atom. The van der Waals surface area contributed by atoms with Gasteiger partial charge in [0, 0.05) is 13.2 Å². The Morgan fingerprint density at radius 2 is 1.04 bits per heavy atom. The maximum absolute atomic E-state index is 5.28. The molecule has 0 aromatic heterocycles. The molecule has 0 bridgehead atoms. The first-order valence-corrected chi connectivity index (χ1v) is 10.1. The number of hydrogen-bond donors (Lipinski definition) is 0. The molecule has 0 saturated carbocycles. The highest BCUT2D eigenvalue weighted by Gasteiger charge is 2.07. The summed E-state index contributed by atoms with van der Waals surface area (Å²) in [5.74, 6) is 0. The smallest absolute Gasteiger partial charge is 0.0781 e. The van der Waals surface area contributed by atoms with Crippen LogP contribution in [0.3, 0.4) is 0 Å². The van der Waals surface area contributed by atoms with E-state index in [4.69, 9.17) is 18.9 Å². The highest BCUT2D eigenvalue weighted by molar-refractivity contribution is 4.56. The third-order valence-corrected chi connectivity index (χ3v) is 3.55. The molecule has 24 heavy (non-hydrogen) atoms. The first-order valence-electron chi connectivity index (χ1n) is 10.1. The molecule has 3 rings (SSSR count). The zero-order chi connectivity index (χ0) is 18.6. The van der Waals surface area contributed by atoms with Gasteiger partial charge in [-0.25, -0.2) is 0 Å². The van der Waals surface area contributed by atoms with Gasteiger partial charge in [-0.2, -0.15) is 0 Å². The second-order valence-electron chi connectivity index (χ2n) is 5.76. The van der Waals surface area contributed by atoms with Crippen LogP contribution >= 0.6 is 0 Å². The minimum absolute atomic E-state index is 0.314. The van der Waals surface area contributed by atoms with Gasteiger partial charge >= 0.3 is 0 Å². The van der Waals surface area contributed by atoms with Crippen molar-refractivity contribution < 1.29 is 18.9 Å². The fourth-order valence-electron chi connectivity index (χ4n) is 2.25. The Kier molecular flexibility index (Phi) is 22.7. The summed E-state index contributed by atoms with van der Waals surface area (Å²) in [6.45, 7) is 18.5. The van der Waals surface area contributed by atoms with Crippen molar-refractivity contribution >= 4 is 0 Å². The Balaban J connectivity index is 0. The normalized spacial score (nSPS) is 28.4. The van der Waals surface area contributed by atoms with Crippen LogP contribution in [-0.2, 0) is 18.9 Å². The average Bonchev–Trinajstić information content (AvgIpc) is 3.12. The van der Waals surface area contributed by atoms with Crippen molar-refractivity contribution in [2.24, 2.45) is 0 Å². The summed E-state index contributed by atoms with van der Waals surface area (Å²) in [4.78, 5) is 0. The van der Waals surface area contributed by atoms with Gasteiger partial charge in [-0.05, 0) is 52.9 Å². The lowest BCUT2D eigenvalue weighted by molar-refractivity contribution is -0.0797. The molecule has 0 aliphatic carbocycles. The maximum Gasteiger partial charge on any atom is 0.0781 e. The maximum atomic E-state index is 5.28. The average molecular weight is 349 g/mol. The van der Waals surface area contributed by atoms with Crippen LogP contribution in [0.15, 0.2) is 0 Å². The molecular weight excluding hydrogens is 304 g/mol. The van der Waals surface area contributed by atoms with Gasteiger partial charge in [0.05, 0.1) is 38.1 Å². The van der Waals surface area contributed by atoms with Crippen LogP contribution in [0.5, 0.6) is 0 Å². The van der Waals surface area contributed by atoms with E-state index >= 15 is 0 Å². The second-order valence-corrected chi connectivity index (χ2v) is 5.76. The summed E-state index contributed by atoms with van der Waals surface area (Å²) in [6.07, 6.45) is 7.82. The van der Waals surface area contributed by atoms with Gasteiger partial charge in [-0.15, -0.1) is 0 Å². The van der Waals surface area contributed by atoms with E-state index < -0.39 is 0 Å². The molecule has 3 aliphatic rings. The van der Waals surface area contributed by atoms with E-state index in [0.29, 0.717) is 18.3 Å². The van der Waals surface area contributed by atoms with Gasteiger partial charge in [0.15, 0.2) is 0 Å². The summed E-state index contributed by atoms with van der Waals surface area (Å²) in [5, 5.41) is 0. The molecule has 0 amide bonds. The lowest BCUT2D eigenvalue weighted by atomic mass is 10.1. The van der Waals surface area contributed by atoms with E-state index in [-0.39, 0.29) is 0 Å². The molecule has 4 nitrogen and oxygen atoms in total. The zero-order valence-corrected chi connectivity index (χ0v) is 17.4. The first kappa shape index (κ1) is 26.1. The van der Waals surface area contributed by atoms with E-state index in [0.717, 1.165) is 33.0 Å². The predicted octanol–water partition coefficient (Wildman–Crippen LogP) is 5.23. The van der Waals surface area contributed by atoms with Crippen LogP contribution < -0.4 is 0 Å². The van der Waals surface area contributed by atoms with Crippen molar-refractivity contribution in [3.63, 3.8) is 0 Å². The largest absolute Gasteiger partial charge is 0.379 e. The number of rotatable bonds is 0. The quantitative estimate of drug-likeness (QED) is 0.600. The molecule has 3 atom stereocenters. The molecule has 3 aliphatic heterocycles. The number of ether oxygens (including phenoxy) is 4. The Labute approximate surface area is 151 Å². The van der Waals surface area contributed by atoms with E-state index in [1.165, 1.54) is 32.1 Å². The van der Waals surface area contributed by atoms with Crippen molar-refractivity contribution in [2.75, 3.05) is 33.0 Å². The van der Waals surface area contributed by atoms with Crippen LogP contribution in [-0.4, -0.2) is 51.3 Å². The van der Waals surface area contributed by atoms with Crippen molar-refractivity contribution in [1.29, 1.82) is 0 Å². The molecule has 3 saturated heterocycles. The van der Waals surface area contributed by atoms with Crippen LogP contribution in [0, 0.1) is 0 Å². The van der Waals surface area contributed by atoms with Gasteiger partial charge in [0.25, 0.3) is 0 Å². The highest BCUT2D eigenvalue weighted by Crippen LogP contribution is 2.10. The van der Waals surface area contributed by atoms with Gasteiger partial charge < -0.3 is 18.9 Å². The third-order valence-electron chi connectivity index (χ3n) is 3.55. The molecule has 148 valence electrons. The van der Waals surface area contributed by atoms with Crippen molar-refractivity contribution in [2.45, 2.75) is 98.9 Å². The molecule has 0 radical (unpaired) electrons. The van der Waals surface area contributed by atoms with Crippen LogP contribution in [0.2, 0.25) is 0 Å². The van der Waals surface area contributed by atoms with E-state index in [2.05, 4.69) is 13.8 Å². The number of hydrogen-bond acceptors (Lipinski definition) is 4. The molecule has 3 fully saturated rings. The molecular formula is C20H44O4. The lowest BCUT2D eigenvalue weighted by Crippen LogP contribution is -2.25. The van der Waals surface area contributed by atoms with E-state index in [9.17, 15) is 0 Å². The van der Waals surface area contributed by atoms with Crippen LogP contribution in [0.1, 0.15) is 80.6 Å². The Hall–Kier alpha value is -0.160. The minimum atomic E-state index is 0.314. The Morgan fingerprint density at radius 3 is 1.25 bits per heavy atom. The summed E-state index contributed by atoms with van der Waals surface area (Å²) in [7, 11) is 0. The molecule has 0 spiro atoms. The van der Waals surface area contributed by atoms with Crippen molar-refractivity contribution in [1.82, 2.24) is 0 Å². The van der Waals surface area contributed by atoms with Crippen molar-refractivity contribution in [3.8, 4) is 0 Å². The fourth-order valence-corrected chi connectivity index (χ4v) is 2.25. The summed E-state index contributed by atoms with van der Waals surface area (Å²) >= 11 is 0. The molecule has 3 unspecified atom stereocenters. The predicted molar refractivity (Wildman–Crippen MR) is 103 cm³/mol. The lowest BCUT2D eigenvalue weighted by Gasteiger charge is -2.18. The summed E-state index contributed by atoms with van der Waals surface area (Å²) < 4.78 is 20.6. The third kappa shape index (κ3) is 18.2. The van der Waals surface area contributed by atoms with Gasteiger partial charge in [0.2, 0.25) is 0 Å². The molecule has 0 aromatic rings. The SMILES string of the molecule is CC.CC.CC1CCCCO1.CC1CCCO1.CC1COCCO1. The fraction of sp³-hybridized carbons (Fsp3) is 1.00. The minimum Gasteiger partial charge on any atom is -0.379 e.